The fraction of sp³-hybridized carbons (Fsp3) is 0.400. The summed E-state index contributed by atoms with van der Waals surface area (Å²) in [6.45, 7) is -0.835. The molecular weight excluding hydrogens is 320 g/mol. The van der Waals surface area contributed by atoms with Crippen molar-refractivity contribution in [1.29, 1.82) is 0 Å². The number of hydrogen-bond donors (Lipinski definition) is 1. The maximum absolute atomic E-state index is 12.2. The van der Waals surface area contributed by atoms with Gasteiger partial charge in [-0.3, -0.25) is 0 Å². The largest absolute Gasteiger partial charge is 0.435 e. The number of carbonyl (C=O) groups is 1. The van der Waals surface area contributed by atoms with E-state index in [0.29, 0.717) is 11.4 Å². The van der Waals surface area contributed by atoms with E-state index in [1.807, 2.05) is 0 Å². The van der Waals surface area contributed by atoms with Gasteiger partial charge in [0.1, 0.15) is 12.1 Å². The number of amides is 2. The van der Waals surface area contributed by atoms with Crippen LogP contribution in [0.15, 0.2) is 30.6 Å². The van der Waals surface area contributed by atoms with Crippen molar-refractivity contribution in [3.05, 3.63) is 42.0 Å². The lowest BCUT2D eigenvalue weighted by Gasteiger charge is -2.21. The molecule has 0 bridgehead atoms. The number of rotatable bonds is 6. The number of ether oxygens (including phenoxy) is 1. The molecule has 1 atom stereocenters. The molecule has 0 saturated heterocycles. The second-order valence-electron chi connectivity index (χ2n) is 5.35. The molecule has 1 N–H and O–H groups in total. The molecule has 0 fully saturated rings. The summed E-state index contributed by atoms with van der Waals surface area (Å²) in [6, 6.07) is 5.61. The first-order chi connectivity index (χ1) is 11.4. The van der Waals surface area contributed by atoms with Crippen molar-refractivity contribution >= 4 is 6.03 Å². The van der Waals surface area contributed by atoms with E-state index < -0.39 is 6.61 Å². The van der Waals surface area contributed by atoms with Gasteiger partial charge in [-0.25, -0.2) is 4.79 Å². The zero-order chi connectivity index (χ0) is 17.7. The molecule has 1 heterocycles. The van der Waals surface area contributed by atoms with Crippen LogP contribution in [0.2, 0.25) is 0 Å². The normalized spacial score (nSPS) is 12.1. The molecule has 130 valence electrons. The summed E-state index contributed by atoms with van der Waals surface area (Å²) in [5, 5.41) is 10.5. The lowest BCUT2D eigenvalue weighted by atomic mass is 10.2. The van der Waals surface area contributed by atoms with E-state index in [0.717, 1.165) is 0 Å². The quantitative estimate of drug-likeness (QED) is 0.877. The highest BCUT2D eigenvalue weighted by molar-refractivity contribution is 5.74. The summed E-state index contributed by atoms with van der Waals surface area (Å²) in [5.41, 5.74) is 0.678. The number of benzene rings is 1. The van der Waals surface area contributed by atoms with Gasteiger partial charge in [-0.05, 0) is 24.6 Å². The predicted molar refractivity (Wildman–Crippen MR) is 82.5 cm³/mol. The van der Waals surface area contributed by atoms with Gasteiger partial charge in [-0.1, -0.05) is 12.1 Å². The Morgan fingerprint density at radius 1 is 1.46 bits per heavy atom. The number of aromatic nitrogens is 3. The molecule has 2 aromatic rings. The highest BCUT2D eigenvalue weighted by Gasteiger charge is 2.17. The number of nitrogens with one attached hydrogen (secondary N) is 1. The van der Waals surface area contributed by atoms with Crippen molar-refractivity contribution in [2.75, 3.05) is 7.05 Å². The minimum atomic E-state index is -2.88. The van der Waals surface area contributed by atoms with Crippen molar-refractivity contribution in [3.63, 3.8) is 0 Å². The third kappa shape index (κ3) is 4.64. The lowest BCUT2D eigenvalue weighted by Crippen LogP contribution is -2.38. The van der Waals surface area contributed by atoms with Crippen LogP contribution in [0, 0.1) is 0 Å². The summed E-state index contributed by atoms with van der Waals surface area (Å²) >= 11 is 0. The Bertz CT molecular complexity index is 692. The number of nitrogens with zero attached hydrogens (tertiary/aromatic N) is 4. The van der Waals surface area contributed by atoms with Gasteiger partial charge in [0.05, 0.1) is 6.04 Å². The Morgan fingerprint density at radius 3 is 2.83 bits per heavy atom. The third-order valence-corrected chi connectivity index (χ3v) is 3.36. The number of urea groups is 1. The minimum Gasteiger partial charge on any atom is -0.435 e. The first kappa shape index (κ1) is 17.6. The Morgan fingerprint density at radius 2 is 2.21 bits per heavy atom. The van der Waals surface area contributed by atoms with Crippen LogP contribution in [0.4, 0.5) is 13.6 Å². The summed E-state index contributed by atoms with van der Waals surface area (Å²) in [5.74, 6) is 0.688. The van der Waals surface area contributed by atoms with Crippen LogP contribution >= 0.6 is 0 Å². The lowest BCUT2D eigenvalue weighted by molar-refractivity contribution is -0.0499. The van der Waals surface area contributed by atoms with Gasteiger partial charge >= 0.3 is 12.6 Å². The van der Waals surface area contributed by atoms with Crippen LogP contribution in [0.25, 0.3) is 0 Å². The highest BCUT2D eigenvalue weighted by atomic mass is 19.3. The molecule has 7 nitrogen and oxygen atoms in total. The standard InChI is InChI=1S/C15H19F2N5O2/c1-10(13-20-18-9-22(13)3)19-15(23)21(2)8-11-5-4-6-12(7-11)24-14(16)17/h4-7,9-10,14H,8H2,1-3H3,(H,19,23)/t10-/m0/s1. The number of halogens is 2. The summed E-state index contributed by atoms with van der Waals surface area (Å²) < 4.78 is 30.6. The summed E-state index contributed by atoms with van der Waals surface area (Å²) in [7, 11) is 3.40. The molecule has 9 heteroatoms. The Balaban J connectivity index is 1.95. The number of carbonyl (C=O) groups excluding carboxylic acids is 1. The second-order valence-corrected chi connectivity index (χ2v) is 5.35. The van der Waals surface area contributed by atoms with Crippen molar-refractivity contribution in [3.8, 4) is 5.75 Å². The van der Waals surface area contributed by atoms with E-state index >= 15 is 0 Å². The van der Waals surface area contributed by atoms with Crippen molar-refractivity contribution < 1.29 is 18.3 Å². The van der Waals surface area contributed by atoms with Crippen LogP contribution in [-0.4, -0.2) is 39.4 Å². The van der Waals surface area contributed by atoms with Crippen molar-refractivity contribution in [2.24, 2.45) is 7.05 Å². The molecule has 2 rings (SSSR count). The molecule has 24 heavy (non-hydrogen) atoms. The Hall–Kier alpha value is -2.71. The van der Waals surface area contributed by atoms with Gasteiger partial charge in [-0.2, -0.15) is 8.78 Å². The fourth-order valence-electron chi connectivity index (χ4n) is 2.21. The van der Waals surface area contributed by atoms with E-state index in [1.165, 1.54) is 17.0 Å². The predicted octanol–water partition coefficient (Wildman–Crippen LogP) is 2.32. The topological polar surface area (TPSA) is 72.3 Å². The first-order valence-corrected chi connectivity index (χ1v) is 7.26. The molecule has 1 aromatic heterocycles. The molecule has 0 unspecified atom stereocenters. The van der Waals surface area contributed by atoms with Gasteiger partial charge in [-0.15, -0.1) is 10.2 Å². The Kier molecular flexibility index (Phi) is 5.67. The Labute approximate surface area is 138 Å². The summed E-state index contributed by atoms with van der Waals surface area (Å²) in [6.07, 6.45) is 1.55. The van der Waals surface area contributed by atoms with Crippen molar-refractivity contribution in [1.82, 2.24) is 25.0 Å². The average molecular weight is 339 g/mol. The monoisotopic (exact) mass is 339 g/mol. The maximum Gasteiger partial charge on any atom is 0.387 e. The van der Waals surface area contributed by atoms with Crippen LogP contribution in [0.1, 0.15) is 24.4 Å². The molecular formula is C15H19F2N5O2. The van der Waals surface area contributed by atoms with E-state index in [2.05, 4.69) is 20.3 Å². The van der Waals surface area contributed by atoms with Gasteiger partial charge in [0.15, 0.2) is 5.82 Å². The van der Waals surface area contributed by atoms with Gasteiger partial charge in [0, 0.05) is 20.6 Å². The van der Waals surface area contributed by atoms with Crippen LogP contribution in [-0.2, 0) is 13.6 Å². The zero-order valence-corrected chi connectivity index (χ0v) is 13.6. The fourth-order valence-corrected chi connectivity index (χ4v) is 2.21. The minimum absolute atomic E-state index is 0.0590. The average Bonchev–Trinajstić information content (AvgIpc) is 2.93. The smallest absolute Gasteiger partial charge is 0.387 e. The molecule has 0 aliphatic carbocycles. The highest BCUT2D eigenvalue weighted by Crippen LogP contribution is 2.17. The van der Waals surface area contributed by atoms with E-state index in [1.54, 1.807) is 44.0 Å². The number of aryl methyl sites for hydroxylation is 1. The van der Waals surface area contributed by atoms with E-state index in [-0.39, 0.29) is 24.4 Å². The van der Waals surface area contributed by atoms with Crippen molar-refractivity contribution in [2.45, 2.75) is 26.1 Å². The number of alkyl halides is 2. The second kappa shape index (κ2) is 7.71. The molecule has 1 aromatic carbocycles. The third-order valence-electron chi connectivity index (χ3n) is 3.36. The van der Waals surface area contributed by atoms with Crippen LogP contribution in [0.3, 0.4) is 0 Å². The van der Waals surface area contributed by atoms with Gasteiger partial charge < -0.3 is 19.5 Å². The molecule has 0 saturated carbocycles. The molecule has 0 spiro atoms. The SMILES string of the molecule is C[C@H](NC(=O)N(C)Cc1cccc(OC(F)F)c1)c1nncn1C. The van der Waals surface area contributed by atoms with Gasteiger partial charge in [0.2, 0.25) is 0 Å². The maximum atomic E-state index is 12.2. The van der Waals surface area contributed by atoms with Crippen LogP contribution in [0.5, 0.6) is 5.75 Å². The molecule has 0 aliphatic heterocycles. The zero-order valence-electron chi connectivity index (χ0n) is 13.6. The van der Waals surface area contributed by atoms with Crippen LogP contribution < -0.4 is 10.1 Å². The molecule has 0 aliphatic rings. The first-order valence-electron chi connectivity index (χ1n) is 7.26. The van der Waals surface area contributed by atoms with E-state index in [9.17, 15) is 13.6 Å². The molecule has 0 radical (unpaired) electrons. The molecule has 2 amide bonds. The van der Waals surface area contributed by atoms with E-state index in [4.69, 9.17) is 0 Å². The summed E-state index contributed by atoms with van der Waals surface area (Å²) in [4.78, 5) is 13.7. The number of hydrogen-bond acceptors (Lipinski definition) is 4. The van der Waals surface area contributed by atoms with Gasteiger partial charge in [0.25, 0.3) is 0 Å².